The molecule has 0 spiro atoms. The molecular weight excluding hydrogens is 282 g/mol. The number of rotatable bonds is 4. The molecule has 0 bridgehead atoms. The molecule has 2 N–H and O–H groups in total. The first-order valence-electron chi connectivity index (χ1n) is 9.14. The molecule has 0 aliphatic heterocycles. The molecule has 1 aromatic carbocycles. The van der Waals surface area contributed by atoms with E-state index in [1.165, 1.54) is 12.8 Å². The number of hydrogen-bond acceptors (Lipinski definition) is 1. The zero-order chi connectivity index (χ0) is 15.6. The van der Waals surface area contributed by atoms with Gasteiger partial charge in [0.2, 0.25) is 0 Å². The summed E-state index contributed by atoms with van der Waals surface area (Å²) >= 11 is 0. The van der Waals surface area contributed by atoms with Crippen LogP contribution in [-0.2, 0) is 6.42 Å². The molecule has 4 rings (SSSR count). The zero-order valence-electron chi connectivity index (χ0n) is 14.0. The highest BCUT2D eigenvalue weighted by molar-refractivity contribution is 5.80. The van der Waals surface area contributed by atoms with Gasteiger partial charge in [-0.15, -0.1) is 0 Å². The Balaban J connectivity index is 1.40. The summed E-state index contributed by atoms with van der Waals surface area (Å²) in [5, 5.41) is 6.98. The first-order valence-corrected chi connectivity index (χ1v) is 9.14. The van der Waals surface area contributed by atoms with Crippen molar-refractivity contribution in [3.05, 3.63) is 47.5 Å². The highest BCUT2D eigenvalue weighted by atomic mass is 15.2. The van der Waals surface area contributed by atoms with E-state index >= 15 is 0 Å². The molecule has 0 saturated heterocycles. The molecule has 122 valence electrons. The van der Waals surface area contributed by atoms with E-state index in [1.807, 2.05) is 0 Å². The number of nitrogens with one attached hydrogen (secondary N) is 2. The highest BCUT2D eigenvalue weighted by Crippen LogP contribution is 2.59. The summed E-state index contributed by atoms with van der Waals surface area (Å²) in [4.78, 5) is 4.90. The van der Waals surface area contributed by atoms with Gasteiger partial charge in [0.05, 0.1) is 0 Å². The number of aryl methyl sites for hydroxylation is 1. The second-order valence-corrected chi connectivity index (χ2v) is 7.09. The van der Waals surface area contributed by atoms with Crippen molar-refractivity contribution in [3.8, 4) is 0 Å². The van der Waals surface area contributed by atoms with Gasteiger partial charge in [-0.05, 0) is 61.5 Å². The van der Waals surface area contributed by atoms with Gasteiger partial charge in [-0.1, -0.05) is 36.4 Å². The van der Waals surface area contributed by atoms with E-state index in [2.05, 4.69) is 54.0 Å². The van der Waals surface area contributed by atoms with E-state index in [9.17, 15) is 0 Å². The predicted octanol–water partition coefficient (Wildman–Crippen LogP) is 3.24. The SMILES string of the molecule is CCNC(=NCC1C2CCc3ccccc3C21)NC1CC=CC1. The van der Waals surface area contributed by atoms with Crippen molar-refractivity contribution >= 4 is 5.96 Å². The summed E-state index contributed by atoms with van der Waals surface area (Å²) in [6.45, 7) is 4.02. The molecule has 0 radical (unpaired) electrons. The Kier molecular flexibility index (Phi) is 4.11. The number of nitrogens with zero attached hydrogens (tertiary/aromatic N) is 1. The van der Waals surface area contributed by atoms with Crippen LogP contribution in [0.5, 0.6) is 0 Å². The minimum Gasteiger partial charge on any atom is -0.357 e. The van der Waals surface area contributed by atoms with Gasteiger partial charge in [0, 0.05) is 19.1 Å². The van der Waals surface area contributed by atoms with Crippen LogP contribution in [0, 0.1) is 11.8 Å². The zero-order valence-corrected chi connectivity index (χ0v) is 14.0. The number of guanidine groups is 1. The molecule has 0 heterocycles. The van der Waals surface area contributed by atoms with Gasteiger partial charge in [0.1, 0.15) is 0 Å². The quantitative estimate of drug-likeness (QED) is 0.509. The Bertz CT molecular complexity index is 611. The van der Waals surface area contributed by atoms with Gasteiger partial charge in [-0.2, -0.15) is 0 Å². The Morgan fingerprint density at radius 3 is 2.87 bits per heavy atom. The van der Waals surface area contributed by atoms with Crippen molar-refractivity contribution in [2.75, 3.05) is 13.1 Å². The molecule has 3 atom stereocenters. The first-order chi connectivity index (χ1) is 11.4. The van der Waals surface area contributed by atoms with Crippen molar-refractivity contribution < 1.29 is 0 Å². The van der Waals surface area contributed by atoms with Gasteiger partial charge in [0.15, 0.2) is 5.96 Å². The molecule has 0 aromatic heterocycles. The van der Waals surface area contributed by atoms with Crippen LogP contribution in [0.4, 0.5) is 0 Å². The second kappa shape index (κ2) is 6.38. The lowest BCUT2D eigenvalue weighted by Crippen LogP contribution is -2.42. The predicted molar refractivity (Wildman–Crippen MR) is 95.8 cm³/mol. The Hall–Kier alpha value is -1.77. The van der Waals surface area contributed by atoms with Crippen LogP contribution < -0.4 is 10.6 Å². The molecule has 3 unspecified atom stereocenters. The van der Waals surface area contributed by atoms with Gasteiger partial charge >= 0.3 is 0 Å². The molecule has 1 fully saturated rings. The van der Waals surface area contributed by atoms with Crippen molar-refractivity contribution in [2.45, 2.75) is 44.6 Å². The van der Waals surface area contributed by atoms with Crippen LogP contribution >= 0.6 is 0 Å². The lowest BCUT2D eigenvalue weighted by atomic mass is 9.92. The third-order valence-electron chi connectivity index (χ3n) is 5.65. The fourth-order valence-electron chi connectivity index (χ4n) is 4.40. The van der Waals surface area contributed by atoms with Gasteiger partial charge in [-0.25, -0.2) is 0 Å². The number of aliphatic imine (C=N–C) groups is 1. The smallest absolute Gasteiger partial charge is 0.191 e. The number of benzene rings is 1. The highest BCUT2D eigenvalue weighted by Gasteiger charge is 2.52. The summed E-state index contributed by atoms with van der Waals surface area (Å²) < 4.78 is 0. The maximum absolute atomic E-state index is 4.90. The van der Waals surface area contributed by atoms with Crippen LogP contribution in [0.25, 0.3) is 0 Å². The van der Waals surface area contributed by atoms with Crippen LogP contribution in [0.1, 0.15) is 43.2 Å². The average molecular weight is 309 g/mol. The maximum Gasteiger partial charge on any atom is 0.191 e. The Labute approximate surface area is 139 Å². The third-order valence-corrected chi connectivity index (χ3v) is 5.65. The summed E-state index contributed by atoms with van der Waals surface area (Å²) in [5.41, 5.74) is 3.17. The topological polar surface area (TPSA) is 36.4 Å². The van der Waals surface area contributed by atoms with Crippen LogP contribution in [0.3, 0.4) is 0 Å². The Morgan fingerprint density at radius 2 is 2.04 bits per heavy atom. The molecule has 0 amide bonds. The summed E-state index contributed by atoms with van der Waals surface area (Å²) in [7, 11) is 0. The lowest BCUT2D eigenvalue weighted by molar-refractivity contribution is 0.619. The molecule has 1 aromatic rings. The minimum absolute atomic E-state index is 0.523. The first kappa shape index (κ1) is 14.8. The average Bonchev–Trinajstić information content (AvgIpc) is 3.06. The fourth-order valence-corrected chi connectivity index (χ4v) is 4.40. The van der Waals surface area contributed by atoms with E-state index in [4.69, 9.17) is 4.99 Å². The second-order valence-electron chi connectivity index (χ2n) is 7.09. The van der Waals surface area contributed by atoms with E-state index in [1.54, 1.807) is 11.1 Å². The summed E-state index contributed by atoms with van der Waals surface area (Å²) in [6.07, 6.45) is 9.35. The molecule has 3 aliphatic carbocycles. The maximum atomic E-state index is 4.90. The Morgan fingerprint density at radius 1 is 1.22 bits per heavy atom. The van der Waals surface area contributed by atoms with Gasteiger partial charge < -0.3 is 10.6 Å². The van der Waals surface area contributed by atoms with E-state index < -0.39 is 0 Å². The fraction of sp³-hybridized carbons (Fsp3) is 0.550. The number of hydrogen-bond donors (Lipinski definition) is 2. The summed E-state index contributed by atoms with van der Waals surface area (Å²) in [6, 6.07) is 9.54. The molecular formula is C20H27N3. The molecule has 3 heteroatoms. The lowest BCUT2D eigenvalue weighted by Gasteiger charge is -2.16. The van der Waals surface area contributed by atoms with Crippen LogP contribution in [0.15, 0.2) is 41.4 Å². The molecule has 23 heavy (non-hydrogen) atoms. The largest absolute Gasteiger partial charge is 0.357 e. The van der Waals surface area contributed by atoms with E-state index in [0.717, 1.165) is 49.6 Å². The van der Waals surface area contributed by atoms with Crippen LogP contribution in [-0.4, -0.2) is 25.1 Å². The normalized spacial score (nSPS) is 29.1. The summed E-state index contributed by atoms with van der Waals surface area (Å²) in [5.74, 6) is 3.37. The monoisotopic (exact) mass is 309 g/mol. The van der Waals surface area contributed by atoms with Gasteiger partial charge in [-0.3, -0.25) is 4.99 Å². The third kappa shape index (κ3) is 3.01. The van der Waals surface area contributed by atoms with Crippen LogP contribution in [0.2, 0.25) is 0 Å². The van der Waals surface area contributed by atoms with E-state index in [-0.39, 0.29) is 0 Å². The molecule has 1 saturated carbocycles. The molecule has 3 nitrogen and oxygen atoms in total. The van der Waals surface area contributed by atoms with Crippen molar-refractivity contribution in [2.24, 2.45) is 16.8 Å². The van der Waals surface area contributed by atoms with Gasteiger partial charge in [0.25, 0.3) is 0 Å². The van der Waals surface area contributed by atoms with Crippen molar-refractivity contribution in [3.63, 3.8) is 0 Å². The number of fused-ring (bicyclic) bond motifs is 3. The van der Waals surface area contributed by atoms with Crippen molar-refractivity contribution in [1.82, 2.24) is 10.6 Å². The standard InChI is InChI=1S/C20H27N3/c1-2-21-20(23-15-8-4-5-9-15)22-13-18-17-12-11-14-7-3-6-10-16(14)19(17)18/h3-7,10,15,17-19H,2,8-9,11-13H2,1H3,(H2,21,22,23). The molecule has 3 aliphatic rings. The minimum atomic E-state index is 0.523. The van der Waals surface area contributed by atoms with Crippen molar-refractivity contribution in [1.29, 1.82) is 0 Å². The van der Waals surface area contributed by atoms with E-state index in [0.29, 0.717) is 6.04 Å².